The molecule has 1 unspecified atom stereocenters. The van der Waals surface area contributed by atoms with Crippen LogP contribution in [0.5, 0.6) is 0 Å². The highest BCUT2D eigenvalue weighted by molar-refractivity contribution is 7.15. The number of hydrogen-bond donors (Lipinski definition) is 4. The molecule has 0 spiro atoms. The summed E-state index contributed by atoms with van der Waals surface area (Å²) in [5.74, 6) is 0.233. The summed E-state index contributed by atoms with van der Waals surface area (Å²) < 4.78 is 38.1. The maximum atomic E-state index is 12.4. The molecular formula is C17H16F3N7OS. The Labute approximate surface area is 166 Å². The van der Waals surface area contributed by atoms with Crippen LogP contribution in [0.3, 0.4) is 0 Å². The van der Waals surface area contributed by atoms with Crippen LogP contribution >= 0.6 is 11.3 Å². The van der Waals surface area contributed by atoms with Crippen LogP contribution in [0.2, 0.25) is 0 Å². The van der Waals surface area contributed by atoms with Crippen molar-refractivity contribution in [2.45, 2.75) is 25.9 Å². The standard InChI is InChI=1S/C17H16F3N7OS/c1-9-2-3-11-10(6-22-25-11)14(9)24-15(28)12-7-21-16(29-12)23-13-4-5-27(26-13)8-17(18,19)20/h2-7,15,24,28H,8H2,1H3,(H,22,25)(H,21,23,26). The van der Waals surface area contributed by atoms with Crippen molar-refractivity contribution in [3.8, 4) is 0 Å². The highest BCUT2D eigenvalue weighted by atomic mass is 32.1. The van der Waals surface area contributed by atoms with Gasteiger partial charge in [0.15, 0.2) is 17.2 Å². The van der Waals surface area contributed by atoms with Gasteiger partial charge in [0, 0.05) is 23.8 Å². The number of aliphatic hydroxyl groups excluding tert-OH is 1. The normalized spacial score (nSPS) is 13.0. The molecular weight excluding hydrogens is 407 g/mol. The number of aromatic nitrogens is 5. The van der Waals surface area contributed by atoms with Crippen molar-refractivity contribution in [2.24, 2.45) is 0 Å². The first kappa shape index (κ1) is 19.2. The molecule has 0 aliphatic rings. The Balaban J connectivity index is 1.46. The Morgan fingerprint density at radius 3 is 2.90 bits per heavy atom. The van der Waals surface area contributed by atoms with Crippen LogP contribution in [0.4, 0.5) is 29.8 Å². The second-order valence-electron chi connectivity index (χ2n) is 6.34. The van der Waals surface area contributed by atoms with Gasteiger partial charge in [-0.05, 0) is 18.6 Å². The van der Waals surface area contributed by atoms with Gasteiger partial charge in [-0.25, -0.2) is 4.98 Å². The summed E-state index contributed by atoms with van der Waals surface area (Å²) in [6.07, 6.45) is -0.973. The highest BCUT2D eigenvalue weighted by Gasteiger charge is 2.28. The second-order valence-corrected chi connectivity index (χ2v) is 7.40. The molecule has 0 amide bonds. The number of aromatic amines is 1. The van der Waals surface area contributed by atoms with Crippen LogP contribution in [0, 0.1) is 6.92 Å². The summed E-state index contributed by atoms with van der Waals surface area (Å²) in [7, 11) is 0. The molecule has 0 radical (unpaired) electrons. The van der Waals surface area contributed by atoms with Gasteiger partial charge in [-0.1, -0.05) is 17.4 Å². The van der Waals surface area contributed by atoms with E-state index in [4.69, 9.17) is 0 Å². The third kappa shape index (κ3) is 4.32. The number of H-pyrrole nitrogens is 1. The molecule has 4 aromatic rings. The smallest absolute Gasteiger partial charge is 0.369 e. The first-order chi connectivity index (χ1) is 13.8. The first-order valence-corrected chi connectivity index (χ1v) is 9.30. The molecule has 1 atom stereocenters. The van der Waals surface area contributed by atoms with Crippen molar-refractivity contribution in [3.63, 3.8) is 0 Å². The predicted octanol–water partition coefficient (Wildman–Crippen LogP) is 3.93. The third-order valence-electron chi connectivity index (χ3n) is 4.12. The number of thiazole rings is 1. The summed E-state index contributed by atoms with van der Waals surface area (Å²) in [6, 6.07) is 5.23. The van der Waals surface area contributed by atoms with Crippen LogP contribution in [-0.2, 0) is 6.54 Å². The number of halogens is 3. The molecule has 12 heteroatoms. The molecule has 0 aliphatic carbocycles. The van der Waals surface area contributed by atoms with E-state index in [1.54, 1.807) is 6.20 Å². The van der Waals surface area contributed by atoms with Crippen molar-refractivity contribution in [3.05, 3.63) is 47.2 Å². The number of nitrogens with zero attached hydrogens (tertiary/aromatic N) is 4. The van der Waals surface area contributed by atoms with E-state index in [2.05, 4.69) is 30.9 Å². The van der Waals surface area contributed by atoms with Gasteiger partial charge in [-0.3, -0.25) is 9.78 Å². The molecule has 152 valence electrons. The zero-order valence-electron chi connectivity index (χ0n) is 15.0. The van der Waals surface area contributed by atoms with Crippen LogP contribution in [0.25, 0.3) is 10.9 Å². The Morgan fingerprint density at radius 2 is 2.10 bits per heavy atom. The molecule has 29 heavy (non-hydrogen) atoms. The van der Waals surface area contributed by atoms with E-state index in [-0.39, 0.29) is 5.82 Å². The van der Waals surface area contributed by atoms with E-state index in [1.165, 1.54) is 18.5 Å². The molecule has 8 nitrogen and oxygen atoms in total. The third-order valence-corrected chi connectivity index (χ3v) is 5.09. The number of fused-ring (bicyclic) bond motifs is 1. The molecule has 0 fully saturated rings. The van der Waals surface area contributed by atoms with Gasteiger partial charge < -0.3 is 15.7 Å². The lowest BCUT2D eigenvalue weighted by Crippen LogP contribution is -2.18. The van der Waals surface area contributed by atoms with E-state index >= 15 is 0 Å². The number of aryl methyl sites for hydroxylation is 1. The topological polar surface area (TPSA) is 104 Å². The largest absolute Gasteiger partial charge is 0.408 e. The highest BCUT2D eigenvalue weighted by Crippen LogP contribution is 2.32. The summed E-state index contributed by atoms with van der Waals surface area (Å²) in [5.41, 5.74) is 2.53. The Kier molecular flexibility index (Phi) is 4.88. The lowest BCUT2D eigenvalue weighted by atomic mass is 10.1. The summed E-state index contributed by atoms with van der Waals surface area (Å²) in [4.78, 5) is 4.68. The molecule has 0 saturated carbocycles. The maximum absolute atomic E-state index is 12.4. The van der Waals surface area contributed by atoms with Crippen molar-refractivity contribution < 1.29 is 18.3 Å². The van der Waals surface area contributed by atoms with Crippen molar-refractivity contribution in [1.82, 2.24) is 25.0 Å². The lowest BCUT2D eigenvalue weighted by molar-refractivity contribution is -0.142. The SMILES string of the molecule is Cc1ccc2[nH]ncc2c1NC(O)c1cnc(Nc2ccn(CC(F)(F)F)n2)s1. The summed E-state index contributed by atoms with van der Waals surface area (Å²) >= 11 is 1.16. The molecule has 0 aliphatic heterocycles. The quantitative estimate of drug-likeness (QED) is 0.351. The van der Waals surface area contributed by atoms with Crippen LogP contribution < -0.4 is 10.6 Å². The minimum atomic E-state index is -4.34. The van der Waals surface area contributed by atoms with Gasteiger partial charge in [-0.2, -0.15) is 23.4 Å². The number of benzene rings is 1. The molecule has 4 rings (SSSR count). The predicted molar refractivity (Wildman–Crippen MR) is 103 cm³/mol. The molecule has 0 bridgehead atoms. The minimum absolute atomic E-state index is 0.233. The van der Waals surface area contributed by atoms with Gasteiger partial charge in [-0.15, -0.1) is 0 Å². The monoisotopic (exact) mass is 423 g/mol. The number of hydrogen-bond acceptors (Lipinski definition) is 7. The lowest BCUT2D eigenvalue weighted by Gasteiger charge is -2.15. The first-order valence-electron chi connectivity index (χ1n) is 8.49. The van der Waals surface area contributed by atoms with Gasteiger partial charge >= 0.3 is 6.18 Å². The van der Waals surface area contributed by atoms with Gasteiger partial charge in [0.1, 0.15) is 6.54 Å². The average Bonchev–Trinajstić information content (AvgIpc) is 3.37. The molecule has 0 saturated heterocycles. The number of nitrogens with one attached hydrogen (secondary N) is 3. The fourth-order valence-electron chi connectivity index (χ4n) is 2.81. The van der Waals surface area contributed by atoms with E-state index in [0.29, 0.717) is 10.0 Å². The molecule has 4 N–H and O–H groups in total. The van der Waals surface area contributed by atoms with Crippen molar-refractivity contribution >= 4 is 38.9 Å². The van der Waals surface area contributed by atoms with Crippen molar-refractivity contribution in [2.75, 3.05) is 10.6 Å². The van der Waals surface area contributed by atoms with Gasteiger partial charge in [0.25, 0.3) is 0 Å². The van der Waals surface area contributed by atoms with E-state index < -0.39 is 18.9 Å². The minimum Gasteiger partial charge on any atom is -0.369 e. The number of anilines is 3. The summed E-state index contributed by atoms with van der Waals surface area (Å²) in [5, 5.41) is 28.4. The Bertz CT molecular complexity index is 1130. The van der Waals surface area contributed by atoms with Crippen LogP contribution in [0.1, 0.15) is 16.7 Å². The van der Waals surface area contributed by atoms with Gasteiger partial charge in [0.05, 0.1) is 22.3 Å². The maximum Gasteiger partial charge on any atom is 0.408 e. The fourth-order valence-corrected chi connectivity index (χ4v) is 3.57. The second kappa shape index (κ2) is 7.37. The molecule has 3 aromatic heterocycles. The zero-order chi connectivity index (χ0) is 20.6. The molecule has 1 aromatic carbocycles. The number of alkyl halides is 3. The van der Waals surface area contributed by atoms with Gasteiger partial charge in [0.2, 0.25) is 0 Å². The van der Waals surface area contributed by atoms with E-state index in [0.717, 1.165) is 38.2 Å². The number of aliphatic hydroxyl groups is 1. The van der Waals surface area contributed by atoms with Crippen LogP contribution in [0.15, 0.2) is 36.8 Å². The Hall–Kier alpha value is -3.12. The zero-order valence-corrected chi connectivity index (χ0v) is 15.8. The average molecular weight is 423 g/mol. The Morgan fingerprint density at radius 1 is 1.28 bits per heavy atom. The van der Waals surface area contributed by atoms with E-state index in [1.807, 2.05) is 19.1 Å². The van der Waals surface area contributed by atoms with Crippen LogP contribution in [-0.4, -0.2) is 36.2 Å². The fraction of sp³-hybridized carbons (Fsp3) is 0.235. The summed E-state index contributed by atoms with van der Waals surface area (Å²) in [6.45, 7) is 0.748. The number of rotatable bonds is 6. The van der Waals surface area contributed by atoms with E-state index in [9.17, 15) is 18.3 Å². The van der Waals surface area contributed by atoms with Crippen molar-refractivity contribution in [1.29, 1.82) is 0 Å². The molecule has 3 heterocycles.